The van der Waals surface area contributed by atoms with Crippen molar-refractivity contribution < 1.29 is 19.4 Å². The molecule has 0 fully saturated rings. The van der Waals surface area contributed by atoms with Gasteiger partial charge in [-0.1, -0.05) is 50.3 Å². The number of aliphatic hydroxyl groups is 1. The van der Waals surface area contributed by atoms with Crippen LogP contribution in [0.2, 0.25) is 0 Å². The molecule has 4 heteroatoms. The Morgan fingerprint density at radius 3 is 2.52 bits per heavy atom. The Kier molecular flexibility index (Phi) is 10.1. The Hall–Kier alpha value is -1.65. The summed E-state index contributed by atoms with van der Waals surface area (Å²) in [4.78, 5) is 11.6. The summed E-state index contributed by atoms with van der Waals surface area (Å²) in [7, 11) is 0. The number of rotatable bonds is 11. The van der Waals surface area contributed by atoms with E-state index in [1.54, 1.807) is 13.8 Å². The quantitative estimate of drug-likeness (QED) is 0.483. The smallest absolute Gasteiger partial charge is 0.333 e. The summed E-state index contributed by atoms with van der Waals surface area (Å²) in [6.07, 6.45) is 3.01. The number of allylic oxidation sites excluding steroid dienone is 1. The molecule has 0 bridgehead atoms. The standard InChI is InChI=1S/C21H32O4/c1-5-25-21(23)17(3)13-16(2)11-12-20(22)18(4)14-24-15-19-9-7-6-8-10-19/h6-10,13,16,18,20,22H,5,11-12,14-15H2,1-4H3/b17-13+/t16?,18-,20?/m1/s1. The van der Waals surface area contributed by atoms with Crippen molar-refractivity contribution in [3.8, 4) is 0 Å². The van der Waals surface area contributed by atoms with Crippen LogP contribution in [0.3, 0.4) is 0 Å². The Morgan fingerprint density at radius 1 is 1.20 bits per heavy atom. The molecule has 0 aliphatic rings. The fourth-order valence-electron chi connectivity index (χ4n) is 2.59. The van der Waals surface area contributed by atoms with Crippen LogP contribution in [0.1, 0.15) is 46.1 Å². The van der Waals surface area contributed by atoms with Crippen LogP contribution in [-0.4, -0.2) is 30.4 Å². The number of hydrogen-bond donors (Lipinski definition) is 1. The number of aliphatic hydroxyl groups excluding tert-OH is 1. The van der Waals surface area contributed by atoms with Crippen LogP contribution in [0, 0.1) is 11.8 Å². The van der Waals surface area contributed by atoms with Crippen molar-refractivity contribution in [3.05, 3.63) is 47.5 Å². The molecule has 0 spiro atoms. The van der Waals surface area contributed by atoms with E-state index in [2.05, 4.69) is 0 Å². The maximum Gasteiger partial charge on any atom is 0.333 e. The van der Waals surface area contributed by atoms with Crippen LogP contribution >= 0.6 is 0 Å². The van der Waals surface area contributed by atoms with Gasteiger partial charge in [0.15, 0.2) is 0 Å². The zero-order chi connectivity index (χ0) is 18.7. The van der Waals surface area contributed by atoms with Crippen LogP contribution in [-0.2, 0) is 20.9 Å². The van der Waals surface area contributed by atoms with Gasteiger partial charge in [-0.2, -0.15) is 0 Å². The highest BCUT2D eigenvalue weighted by molar-refractivity contribution is 5.87. The number of ether oxygens (including phenoxy) is 2. The molecule has 0 aliphatic heterocycles. The molecule has 25 heavy (non-hydrogen) atoms. The number of hydrogen-bond acceptors (Lipinski definition) is 4. The Morgan fingerprint density at radius 2 is 1.88 bits per heavy atom. The van der Waals surface area contributed by atoms with Gasteiger partial charge in [0, 0.05) is 11.5 Å². The van der Waals surface area contributed by atoms with E-state index < -0.39 is 6.10 Å². The highest BCUT2D eigenvalue weighted by atomic mass is 16.5. The van der Waals surface area contributed by atoms with E-state index in [9.17, 15) is 9.90 Å². The molecule has 0 radical (unpaired) electrons. The highest BCUT2D eigenvalue weighted by Crippen LogP contribution is 2.17. The summed E-state index contributed by atoms with van der Waals surface area (Å²) in [5, 5.41) is 10.3. The van der Waals surface area contributed by atoms with Gasteiger partial charge in [0.05, 0.1) is 25.9 Å². The van der Waals surface area contributed by atoms with Gasteiger partial charge in [0.1, 0.15) is 0 Å². The Bertz CT molecular complexity index is 524. The summed E-state index contributed by atoms with van der Waals surface area (Å²) in [5.41, 5.74) is 1.76. The van der Waals surface area contributed by atoms with Gasteiger partial charge in [-0.05, 0) is 38.2 Å². The minimum Gasteiger partial charge on any atom is -0.463 e. The summed E-state index contributed by atoms with van der Waals surface area (Å²) < 4.78 is 10.7. The lowest BCUT2D eigenvalue weighted by atomic mass is 9.95. The average Bonchev–Trinajstić information content (AvgIpc) is 2.60. The third kappa shape index (κ3) is 8.84. The third-order valence-corrected chi connectivity index (χ3v) is 4.20. The van der Waals surface area contributed by atoms with Crippen molar-refractivity contribution in [1.82, 2.24) is 0 Å². The van der Waals surface area contributed by atoms with Gasteiger partial charge >= 0.3 is 5.97 Å². The summed E-state index contributed by atoms with van der Waals surface area (Å²) >= 11 is 0. The van der Waals surface area contributed by atoms with E-state index in [1.165, 1.54) is 0 Å². The average molecular weight is 348 g/mol. The predicted molar refractivity (Wildman–Crippen MR) is 100 cm³/mol. The van der Waals surface area contributed by atoms with Crippen molar-refractivity contribution in [2.24, 2.45) is 11.8 Å². The first-order chi connectivity index (χ1) is 11.9. The van der Waals surface area contributed by atoms with Crippen LogP contribution in [0.4, 0.5) is 0 Å². The highest BCUT2D eigenvalue weighted by Gasteiger charge is 2.16. The molecule has 1 aromatic rings. The monoisotopic (exact) mass is 348 g/mol. The zero-order valence-corrected chi connectivity index (χ0v) is 15.9. The molecule has 1 N–H and O–H groups in total. The van der Waals surface area contributed by atoms with Crippen molar-refractivity contribution in [3.63, 3.8) is 0 Å². The molecular weight excluding hydrogens is 316 g/mol. The van der Waals surface area contributed by atoms with E-state index in [-0.39, 0.29) is 17.8 Å². The van der Waals surface area contributed by atoms with E-state index >= 15 is 0 Å². The van der Waals surface area contributed by atoms with Gasteiger partial charge in [-0.3, -0.25) is 0 Å². The molecule has 0 aromatic heterocycles. The van der Waals surface area contributed by atoms with E-state index in [0.29, 0.717) is 31.8 Å². The number of carbonyl (C=O) groups excluding carboxylic acids is 1. The van der Waals surface area contributed by atoms with E-state index in [1.807, 2.05) is 50.3 Å². The zero-order valence-electron chi connectivity index (χ0n) is 15.9. The van der Waals surface area contributed by atoms with Gasteiger partial charge in [-0.25, -0.2) is 4.79 Å². The maximum atomic E-state index is 11.6. The molecule has 1 rings (SSSR count). The largest absolute Gasteiger partial charge is 0.463 e. The molecule has 0 amide bonds. The molecule has 2 unspecified atom stereocenters. The fraction of sp³-hybridized carbons (Fsp3) is 0.571. The van der Waals surface area contributed by atoms with Crippen LogP contribution in [0.25, 0.3) is 0 Å². The van der Waals surface area contributed by atoms with E-state index in [4.69, 9.17) is 9.47 Å². The number of carbonyl (C=O) groups is 1. The molecular formula is C21H32O4. The minimum absolute atomic E-state index is 0.0750. The lowest BCUT2D eigenvalue weighted by molar-refractivity contribution is -0.138. The molecule has 4 nitrogen and oxygen atoms in total. The van der Waals surface area contributed by atoms with Crippen molar-refractivity contribution in [1.29, 1.82) is 0 Å². The molecule has 140 valence electrons. The van der Waals surface area contributed by atoms with Crippen LogP contribution < -0.4 is 0 Å². The summed E-state index contributed by atoms with van der Waals surface area (Å²) in [6, 6.07) is 10.0. The van der Waals surface area contributed by atoms with Crippen molar-refractivity contribution in [2.75, 3.05) is 13.2 Å². The molecule has 3 atom stereocenters. The summed E-state index contributed by atoms with van der Waals surface area (Å²) in [6.45, 7) is 9.10. The van der Waals surface area contributed by atoms with E-state index in [0.717, 1.165) is 12.0 Å². The topological polar surface area (TPSA) is 55.8 Å². The molecule has 0 saturated carbocycles. The maximum absolute atomic E-state index is 11.6. The first-order valence-corrected chi connectivity index (χ1v) is 9.09. The summed E-state index contributed by atoms with van der Waals surface area (Å²) in [5.74, 6) is 0.0279. The predicted octanol–water partition coefficient (Wildman–Crippen LogP) is 4.13. The number of esters is 1. The van der Waals surface area contributed by atoms with Gasteiger partial charge in [0.25, 0.3) is 0 Å². The first-order valence-electron chi connectivity index (χ1n) is 9.09. The lowest BCUT2D eigenvalue weighted by Crippen LogP contribution is -2.23. The SMILES string of the molecule is CCOC(=O)/C(C)=C/C(C)CCC(O)[C@H](C)COCc1ccccc1. The normalized spacial score (nSPS) is 15.5. The molecule has 0 aliphatic carbocycles. The second kappa shape index (κ2) is 11.8. The lowest BCUT2D eigenvalue weighted by Gasteiger charge is -2.20. The Balaban J connectivity index is 2.28. The molecule has 0 saturated heterocycles. The second-order valence-corrected chi connectivity index (χ2v) is 6.67. The van der Waals surface area contributed by atoms with Crippen molar-refractivity contribution in [2.45, 2.75) is 53.2 Å². The van der Waals surface area contributed by atoms with Gasteiger partial charge in [-0.15, -0.1) is 0 Å². The fourth-order valence-corrected chi connectivity index (χ4v) is 2.59. The second-order valence-electron chi connectivity index (χ2n) is 6.67. The number of benzene rings is 1. The first kappa shape index (κ1) is 21.4. The van der Waals surface area contributed by atoms with Crippen LogP contribution in [0.5, 0.6) is 0 Å². The molecule has 1 aromatic carbocycles. The van der Waals surface area contributed by atoms with Crippen molar-refractivity contribution >= 4 is 5.97 Å². The minimum atomic E-state index is -0.408. The molecule has 0 heterocycles. The van der Waals surface area contributed by atoms with Gasteiger partial charge < -0.3 is 14.6 Å². The Labute approximate surface area is 151 Å². The van der Waals surface area contributed by atoms with Crippen LogP contribution in [0.15, 0.2) is 42.0 Å². The third-order valence-electron chi connectivity index (χ3n) is 4.20. The van der Waals surface area contributed by atoms with Gasteiger partial charge in [0.2, 0.25) is 0 Å².